The number of hydrogen-bond acceptors (Lipinski definition) is 2. The molecule has 26 heavy (non-hydrogen) atoms. The van der Waals surface area contributed by atoms with Gasteiger partial charge in [-0.2, -0.15) is 26.3 Å². The zero-order valence-corrected chi connectivity index (χ0v) is 14.0. The Morgan fingerprint density at radius 2 is 1.58 bits per heavy atom. The average Bonchev–Trinajstić information content (AvgIpc) is 2.54. The third-order valence-corrected chi connectivity index (χ3v) is 3.61. The van der Waals surface area contributed by atoms with Gasteiger partial charge in [-0.25, -0.2) is 0 Å². The van der Waals surface area contributed by atoms with E-state index in [-0.39, 0.29) is 28.5 Å². The lowest BCUT2D eigenvalue weighted by molar-refractivity contribution is -0.138. The highest BCUT2D eigenvalue weighted by atomic mass is 35.5. The summed E-state index contributed by atoms with van der Waals surface area (Å²) in [6, 6.07) is 6.69. The van der Waals surface area contributed by atoms with Gasteiger partial charge in [0.2, 0.25) is 0 Å². The summed E-state index contributed by atoms with van der Waals surface area (Å²) >= 11 is 5.78. The Hall–Kier alpha value is -2.22. The second-order valence-electron chi connectivity index (χ2n) is 5.19. The molecule has 0 fully saturated rings. The Morgan fingerprint density at radius 1 is 0.962 bits per heavy atom. The van der Waals surface area contributed by atoms with Crippen LogP contribution < -0.4 is 4.84 Å². The molecule has 0 aliphatic heterocycles. The van der Waals surface area contributed by atoms with E-state index < -0.39 is 23.5 Å². The molecule has 2 nitrogen and oxygen atoms in total. The Kier molecular flexibility index (Phi) is 5.85. The van der Waals surface area contributed by atoms with Gasteiger partial charge in [-0.1, -0.05) is 23.7 Å². The number of halogens is 7. The highest BCUT2D eigenvalue weighted by molar-refractivity contribution is 6.31. The first-order valence-corrected chi connectivity index (χ1v) is 7.68. The summed E-state index contributed by atoms with van der Waals surface area (Å²) in [6.45, 7) is 1.57. The molecule has 0 heterocycles. The van der Waals surface area contributed by atoms with Crippen molar-refractivity contribution < 1.29 is 31.2 Å². The minimum atomic E-state index is -4.62. The second kappa shape index (κ2) is 7.57. The Labute approximate surface area is 150 Å². The highest BCUT2D eigenvalue weighted by Gasteiger charge is 2.34. The predicted octanol–water partition coefficient (Wildman–Crippen LogP) is 6.57. The fourth-order valence-corrected chi connectivity index (χ4v) is 2.29. The van der Waals surface area contributed by atoms with Crippen LogP contribution in [0.2, 0.25) is 5.02 Å². The van der Waals surface area contributed by atoms with Crippen molar-refractivity contribution in [1.29, 1.82) is 0 Å². The standard InChI is InChI=1S/C17H12ClF6NO/c1-2-15(13-9-11(18)5-8-14(13)17(22,23)24)25-26-12-6-3-10(4-7-12)16(19,20)21/h3-9H,2H2,1H3. The van der Waals surface area contributed by atoms with E-state index in [0.29, 0.717) is 0 Å². The van der Waals surface area contributed by atoms with Crippen LogP contribution in [0.4, 0.5) is 26.3 Å². The first-order chi connectivity index (χ1) is 12.0. The van der Waals surface area contributed by atoms with E-state index >= 15 is 0 Å². The van der Waals surface area contributed by atoms with Gasteiger partial charge in [0.1, 0.15) is 0 Å². The van der Waals surface area contributed by atoms with Gasteiger partial charge < -0.3 is 4.84 Å². The first kappa shape index (κ1) is 20.1. The van der Waals surface area contributed by atoms with Crippen LogP contribution in [-0.2, 0) is 12.4 Å². The largest absolute Gasteiger partial charge is 0.417 e. The van der Waals surface area contributed by atoms with Crippen molar-refractivity contribution in [2.75, 3.05) is 0 Å². The minimum Gasteiger partial charge on any atom is -0.357 e. The van der Waals surface area contributed by atoms with Crippen LogP contribution >= 0.6 is 11.6 Å². The number of oxime groups is 1. The molecule has 0 amide bonds. The molecule has 0 spiro atoms. The van der Waals surface area contributed by atoms with E-state index in [1.165, 1.54) is 0 Å². The zero-order valence-electron chi connectivity index (χ0n) is 13.2. The van der Waals surface area contributed by atoms with Crippen LogP contribution in [0, 0.1) is 0 Å². The first-order valence-electron chi connectivity index (χ1n) is 7.30. The van der Waals surface area contributed by atoms with Crippen molar-refractivity contribution in [3.8, 4) is 5.75 Å². The van der Waals surface area contributed by atoms with Gasteiger partial charge >= 0.3 is 12.4 Å². The summed E-state index contributed by atoms with van der Waals surface area (Å²) in [5.41, 5.74) is -2.10. The number of rotatable bonds is 4. The molecule has 9 heteroatoms. The van der Waals surface area contributed by atoms with E-state index in [9.17, 15) is 26.3 Å². The third kappa shape index (κ3) is 4.91. The van der Waals surface area contributed by atoms with Crippen molar-refractivity contribution in [1.82, 2.24) is 0 Å². The Balaban J connectivity index is 2.33. The molecule has 0 saturated carbocycles. The van der Waals surface area contributed by atoms with Gasteiger partial charge in [-0.15, -0.1) is 0 Å². The summed E-state index contributed by atoms with van der Waals surface area (Å²) < 4.78 is 77.0. The van der Waals surface area contributed by atoms with Crippen LogP contribution in [-0.4, -0.2) is 5.71 Å². The van der Waals surface area contributed by atoms with Crippen molar-refractivity contribution >= 4 is 17.3 Å². The third-order valence-electron chi connectivity index (χ3n) is 3.38. The van der Waals surface area contributed by atoms with Crippen LogP contribution in [0.25, 0.3) is 0 Å². The van der Waals surface area contributed by atoms with Crippen molar-refractivity contribution in [2.24, 2.45) is 5.16 Å². The minimum absolute atomic E-state index is 0.0419. The van der Waals surface area contributed by atoms with E-state index in [2.05, 4.69) is 5.16 Å². The zero-order chi connectivity index (χ0) is 19.5. The molecule has 0 unspecified atom stereocenters. The van der Waals surface area contributed by atoms with Crippen LogP contribution in [0.15, 0.2) is 47.6 Å². The van der Waals surface area contributed by atoms with E-state index in [1.807, 2.05) is 0 Å². The number of nitrogens with zero attached hydrogens (tertiary/aromatic N) is 1. The molecule has 0 aromatic heterocycles. The molecule has 0 aliphatic carbocycles. The number of benzene rings is 2. The molecule has 2 rings (SSSR count). The predicted molar refractivity (Wildman–Crippen MR) is 85.4 cm³/mol. The molecule has 0 aliphatic rings. The maximum atomic E-state index is 13.2. The quantitative estimate of drug-likeness (QED) is 0.326. The molecular formula is C17H12ClF6NO. The monoisotopic (exact) mass is 395 g/mol. The molecule has 2 aromatic carbocycles. The maximum absolute atomic E-state index is 13.2. The summed E-state index contributed by atoms with van der Waals surface area (Å²) in [6.07, 6.45) is -9.03. The van der Waals surface area contributed by atoms with Gasteiger partial charge in [-0.05, 0) is 48.9 Å². The molecule has 140 valence electrons. The number of alkyl halides is 6. The molecule has 0 bridgehead atoms. The Bertz CT molecular complexity index is 796. The number of hydrogen-bond donors (Lipinski definition) is 0. The lowest BCUT2D eigenvalue weighted by Crippen LogP contribution is -2.14. The van der Waals surface area contributed by atoms with Gasteiger partial charge in [0, 0.05) is 10.6 Å². The maximum Gasteiger partial charge on any atom is 0.417 e. The molecular weight excluding hydrogens is 384 g/mol. The van der Waals surface area contributed by atoms with Gasteiger partial charge in [0.25, 0.3) is 0 Å². The van der Waals surface area contributed by atoms with Crippen molar-refractivity contribution in [3.63, 3.8) is 0 Å². The van der Waals surface area contributed by atoms with Crippen molar-refractivity contribution in [2.45, 2.75) is 25.7 Å². The summed E-state index contributed by atoms with van der Waals surface area (Å²) in [7, 11) is 0. The van der Waals surface area contributed by atoms with Crippen LogP contribution in [0.5, 0.6) is 5.75 Å². The lowest BCUT2D eigenvalue weighted by Gasteiger charge is -2.14. The van der Waals surface area contributed by atoms with Gasteiger partial charge in [0.15, 0.2) is 5.75 Å². The SMILES string of the molecule is CCC(=NOc1ccc(C(F)(F)F)cc1)c1cc(Cl)ccc1C(F)(F)F. The van der Waals surface area contributed by atoms with Gasteiger partial charge in [0.05, 0.1) is 16.8 Å². The Morgan fingerprint density at radius 3 is 2.08 bits per heavy atom. The molecule has 2 aromatic rings. The fourth-order valence-electron chi connectivity index (χ4n) is 2.12. The molecule has 0 saturated heterocycles. The lowest BCUT2D eigenvalue weighted by atomic mass is 10.0. The topological polar surface area (TPSA) is 21.6 Å². The summed E-state index contributed by atoms with van der Waals surface area (Å²) in [4.78, 5) is 5.00. The highest BCUT2D eigenvalue weighted by Crippen LogP contribution is 2.34. The average molecular weight is 396 g/mol. The molecule has 0 N–H and O–H groups in total. The van der Waals surface area contributed by atoms with Crippen LogP contribution in [0.1, 0.15) is 30.0 Å². The summed E-state index contributed by atoms with van der Waals surface area (Å²) in [5.74, 6) is -0.0421. The van der Waals surface area contributed by atoms with E-state index in [1.54, 1.807) is 6.92 Å². The normalized spacial score (nSPS) is 13.0. The second-order valence-corrected chi connectivity index (χ2v) is 5.63. The van der Waals surface area contributed by atoms with E-state index in [4.69, 9.17) is 16.4 Å². The molecule has 0 atom stereocenters. The van der Waals surface area contributed by atoms with E-state index in [0.717, 1.165) is 42.5 Å². The fraction of sp³-hybridized carbons (Fsp3) is 0.235. The van der Waals surface area contributed by atoms with Crippen molar-refractivity contribution in [3.05, 3.63) is 64.2 Å². The van der Waals surface area contributed by atoms with Crippen LogP contribution in [0.3, 0.4) is 0 Å². The van der Waals surface area contributed by atoms with Gasteiger partial charge in [-0.3, -0.25) is 0 Å². The summed E-state index contributed by atoms with van der Waals surface area (Å²) in [5, 5.41) is 3.75. The smallest absolute Gasteiger partial charge is 0.357 e. The molecule has 0 radical (unpaired) electrons.